The lowest BCUT2D eigenvalue weighted by atomic mass is 9.87. The number of unbranched alkanes of at least 4 members (excludes halogenated alkanes) is 12. The Morgan fingerprint density at radius 2 is 1.38 bits per heavy atom. The van der Waals surface area contributed by atoms with Crippen molar-refractivity contribution in [1.82, 2.24) is 30.2 Å². The number of nitrogens with zero attached hydrogens (tertiary/aromatic N) is 4. The second-order valence-corrected chi connectivity index (χ2v) is 25.4. The number of nitrogens with two attached hydrogens (primary N) is 1. The highest BCUT2D eigenvalue weighted by atomic mass is 32.2. The second-order valence-electron chi connectivity index (χ2n) is 20.0. The molecule has 0 aromatic carbocycles. The number of ether oxygens (including phenoxy) is 1. The van der Waals surface area contributed by atoms with E-state index in [4.69, 9.17) is 19.5 Å². The van der Waals surface area contributed by atoms with Crippen LogP contribution in [-0.4, -0.2) is 134 Å². The first-order valence-corrected chi connectivity index (χ1v) is 32.8. The summed E-state index contributed by atoms with van der Waals surface area (Å²) in [4.78, 5) is 88.8. The van der Waals surface area contributed by atoms with Gasteiger partial charge in [-0.05, 0) is 51.4 Å². The lowest BCUT2D eigenvalue weighted by molar-refractivity contribution is -0.137. The van der Waals surface area contributed by atoms with Gasteiger partial charge in [-0.25, -0.2) is 28.6 Å². The molecular weight excluding hydrogens is 1120 g/mol. The zero-order valence-electron chi connectivity index (χ0n) is 46.2. The van der Waals surface area contributed by atoms with Crippen LogP contribution in [0.1, 0.15) is 155 Å². The SMILES string of the molecule is CCCCC/C=C\C/C=C\C/C=C\C/C=C\CCCCCCCCCCC[C@@H](O)CC(=O)SCCNC(=O)CCNC(=O)[C@H](O)C(C)(C)COP(=O)(O)OP(=O)(O)OC[C@H]1O[C@@H](n2cnc3c(N)ncnc32)[C@H](O)[C@@H]1OP(=O)(O)O. The Bertz CT molecular complexity index is 2440. The van der Waals surface area contributed by atoms with Gasteiger partial charge < -0.3 is 56.0 Å². The Hall–Kier alpha value is -3.52. The molecule has 8 atom stereocenters. The van der Waals surface area contributed by atoms with Gasteiger partial charge in [0.25, 0.3) is 0 Å². The minimum atomic E-state index is -5.59. The number of nitrogens with one attached hydrogen (secondary N) is 2. The van der Waals surface area contributed by atoms with Gasteiger partial charge in [0, 0.05) is 37.1 Å². The number of hydrogen-bond donors (Lipinski definition) is 10. The summed E-state index contributed by atoms with van der Waals surface area (Å²) in [5, 5.41) is 36.8. The van der Waals surface area contributed by atoms with Crippen LogP contribution in [-0.2, 0) is 50.7 Å². The quantitative estimate of drug-likeness (QED) is 0.0173. The molecule has 0 spiro atoms. The molecule has 454 valence electrons. The molecule has 25 nitrogen and oxygen atoms in total. The molecule has 0 saturated carbocycles. The summed E-state index contributed by atoms with van der Waals surface area (Å²) < 4.78 is 62.6. The van der Waals surface area contributed by atoms with Crippen LogP contribution in [0.2, 0.25) is 0 Å². The zero-order valence-corrected chi connectivity index (χ0v) is 49.7. The van der Waals surface area contributed by atoms with Crippen LogP contribution in [0.5, 0.6) is 0 Å². The Balaban J connectivity index is 1.20. The summed E-state index contributed by atoms with van der Waals surface area (Å²) in [7, 11) is -16.5. The third-order valence-electron chi connectivity index (χ3n) is 12.5. The molecule has 0 bridgehead atoms. The van der Waals surface area contributed by atoms with Gasteiger partial charge >= 0.3 is 23.5 Å². The van der Waals surface area contributed by atoms with Crippen LogP contribution in [0.4, 0.5) is 5.82 Å². The van der Waals surface area contributed by atoms with Crippen molar-refractivity contribution in [3.63, 3.8) is 0 Å². The van der Waals surface area contributed by atoms with Crippen LogP contribution in [0, 0.1) is 5.41 Å². The number of carbonyl (C=O) groups excluding carboxylic acids is 3. The van der Waals surface area contributed by atoms with Crippen molar-refractivity contribution in [2.75, 3.05) is 37.8 Å². The number of fused-ring (bicyclic) bond motifs is 1. The van der Waals surface area contributed by atoms with E-state index in [1.807, 2.05) is 0 Å². The van der Waals surface area contributed by atoms with Crippen molar-refractivity contribution in [2.24, 2.45) is 5.41 Å². The van der Waals surface area contributed by atoms with Crippen molar-refractivity contribution in [3.05, 3.63) is 61.3 Å². The first-order valence-electron chi connectivity index (χ1n) is 27.3. The van der Waals surface area contributed by atoms with Gasteiger partial charge in [-0.2, -0.15) is 4.31 Å². The number of thioether (sulfide) groups is 1. The van der Waals surface area contributed by atoms with Crippen LogP contribution < -0.4 is 16.4 Å². The normalized spacial score (nSPS) is 19.6. The molecule has 2 amide bonds. The van der Waals surface area contributed by atoms with Gasteiger partial charge in [0.2, 0.25) is 11.8 Å². The first-order chi connectivity index (χ1) is 37.9. The lowest BCUT2D eigenvalue weighted by Crippen LogP contribution is -2.46. The molecule has 3 heterocycles. The average molecular weight is 1210 g/mol. The lowest BCUT2D eigenvalue weighted by Gasteiger charge is -2.30. The predicted molar refractivity (Wildman–Crippen MR) is 303 cm³/mol. The van der Waals surface area contributed by atoms with Gasteiger partial charge in [-0.1, -0.05) is 145 Å². The number of aliphatic hydroxyl groups is 3. The molecule has 3 rings (SSSR count). The largest absolute Gasteiger partial charge is 0.481 e. The third kappa shape index (κ3) is 29.1. The number of nitrogen functional groups attached to an aromatic ring is 1. The van der Waals surface area contributed by atoms with E-state index in [0.717, 1.165) is 80.4 Å². The smallest absolute Gasteiger partial charge is 0.393 e. The summed E-state index contributed by atoms with van der Waals surface area (Å²) in [6.45, 7) is 2.62. The molecule has 29 heteroatoms. The van der Waals surface area contributed by atoms with Crippen molar-refractivity contribution in [1.29, 1.82) is 0 Å². The topological polar surface area (TPSA) is 384 Å². The minimum Gasteiger partial charge on any atom is -0.393 e. The third-order valence-corrected chi connectivity index (χ3v) is 16.5. The fourth-order valence-electron chi connectivity index (χ4n) is 8.09. The van der Waals surface area contributed by atoms with E-state index < -0.39 is 90.7 Å². The molecule has 2 aromatic heterocycles. The zero-order chi connectivity index (χ0) is 59.0. The van der Waals surface area contributed by atoms with Crippen molar-refractivity contribution < 1.29 is 85.6 Å². The maximum absolute atomic E-state index is 12.8. The number of aromatic nitrogens is 4. The monoisotopic (exact) mass is 1210 g/mol. The first kappa shape index (κ1) is 70.7. The second kappa shape index (κ2) is 37.6. The standard InChI is InChI=1S/C51H86N7O18P3S/c1-4-5-6-7-8-9-10-11-12-13-14-15-16-17-18-19-20-21-22-23-24-25-26-27-28-29-39(59)34-42(61)80-33-32-53-41(60)30-31-54-49(64)46(63)51(2,3)36-73-79(70,71)76-78(68,69)72-35-40-45(75-77(65,66)67)44(62)50(74-40)58-38-57-43-47(52)55-37-56-48(43)58/h8-9,11-12,14-15,17-18,37-40,44-46,50,59,62-63H,4-7,10,13,16,19-36H2,1-3H3,(H,53,60)(H,54,64)(H,68,69)(H,70,71)(H2,52,55,56)(H2,65,66,67)/b9-8-,12-11-,15-14-,18-17-/t39-,40-,44-,45-,46+,50-/m1/s1. The van der Waals surface area contributed by atoms with Gasteiger partial charge in [0.1, 0.15) is 36.3 Å². The Labute approximate surface area is 473 Å². The predicted octanol–water partition coefficient (Wildman–Crippen LogP) is 7.68. The summed E-state index contributed by atoms with van der Waals surface area (Å²) in [5.41, 5.74) is 4.26. The van der Waals surface area contributed by atoms with Crippen molar-refractivity contribution in [2.45, 2.75) is 186 Å². The van der Waals surface area contributed by atoms with E-state index in [1.165, 1.54) is 71.6 Å². The van der Waals surface area contributed by atoms with Gasteiger partial charge in [0.15, 0.2) is 22.8 Å². The number of phosphoric acid groups is 3. The highest BCUT2D eigenvalue weighted by Crippen LogP contribution is 2.61. The Morgan fingerprint density at radius 1 is 0.800 bits per heavy atom. The molecular formula is C51H86N7O18P3S. The van der Waals surface area contributed by atoms with E-state index >= 15 is 0 Å². The van der Waals surface area contributed by atoms with Crippen LogP contribution in [0.15, 0.2) is 61.3 Å². The fraction of sp³-hybridized carbons (Fsp3) is 0.686. The van der Waals surface area contributed by atoms with E-state index in [9.17, 15) is 63.0 Å². The molecule has 1 fully saturated rings. The molecule has 1 aliphatic heterocycles. The summed E-state index contributed by atoms with van der Waals surface area (Å²) >= 11 is 0.998. The number of aliphatic hydroxyl groups excluding tert-OH is 3. The number of phosphoric ester groups is 3. The number of anilines is 1. The number of amides is 2. The number of imidazole rings is 1. The van der Waals surface area contributed by atoms with E-state index in [1.54, 1.807) is 0 Å². The van der Waals surface area contributed by atoms with Crippen LogP contribution in [0.25, 0.3) is 11.2 Å². The van der Waals surface area contributed by atoms with E-state index in [0.29, 0.717) is 6.42 Å². The Morgan fingerprint density at radius 3 is 1.99 bits per heavy atom. The fourth-order valence-corrected chi connectivity index (χ4v) is 11.7. The Kier molecular flexibility index (Phi) is 33.3. The molecule has 0 aliphatic carbocycles. The highest BCUT2D eigenvalue weighted by molar-refractivity contribution is 8.13. The summed E-state index contributed by atoms with van der Waals surface area (Å²) in [5.74, 6) is -1.23. The number of carbonyl (C=O) groups is 3. The molecule has 1 saturated heterocycles. The highest BCUT2D eigenvalue weighted by Gasteiger charge is 2.50. The maximum Gasteiger partial charge on any atom is 0.481 e. The summed E-state index contributed by atoms with van der Waals surface area (Å²) in [6.07, 6.45) is 30.2. The van der Waals surface area contributed by atoms with Crippen molar-refractivity contribution >= 4 is 69.1 Å². The molecule has 2 aromatic rings. The van der Waals surface area contributed by atoms with E-state index in [-0.39, 0.29) is 53.8 Å². The minimum absolute atomic E-state index is 0.0154. The van der Waals surface area contributed by atoms with E-state index in [2.05, 4.69) is 90.0 Å². The molecule has 1 aliphatic rings. The number of rotatable bonds is 43. The number of hydrogen-bond acceptors (Lipinski definition) is 19. The van der Waals surface area contributed by atoms with Crippen molar-refractivity contribution in [3.8, 4) is 0 Å². The molecule has 2 unspecified atom stereocenters. The average Bonchev–Trinajstić information content (AvgIpc) is 3.95. The maximum atomic E-state index is 12.8. The molecule has 11 N–H and O–H groups in total. The molecule has 0 radical (unpaired) electrons. The van der Waals surface area contributed by atoms with Gasteiger partial charge in [-0.3, -0.25) is 32.5 Å². The van der Waals surface area contributed by atoms with Gasteiger partial charge in [-0.15, -0.1) is 0 Å². The van der Waals surface area contributed by atoms with Gasteiger partial charge in [0.05, 0.1) is 25.6 Å². The number of allylic oxidation sites excluding steroid dienone is 8. The van der Waals surface area contributed by atoms with Crippen LogP contribution in [0.3, 0.4) is 0 Å². The summed E-state index contributed by atoms with van der Waals surface area (Å²) in [6, 6.07) is 0. The molecule has 80 heavy (non-hydrogen) atoms. The van der Waals surface area contributed by atoms with Crippen LogP contribution >= 0.6 is 35.2 Å².